The molecule has 0 fully saturated rings. The van der Waals surface area contributed by atoms with Gasteiger partial charge in [0.25, 0.3) is 0 Å². The first kappa shape index (κ1) is 18.6. The summed E-state index contributed by atoms with van der Waals surface area (Å²) < 4.78 is 19.2. The molecule has 2 nitrogen and oxygen atoms in total. The first-order chi connectivity index (χ1) is 14.7. The highest BCUT2D eigenvalue weighted by atomic mass is 19.1. The number of hydrogen-bond acceptors (Lipinski definition) is 0. The van der Waals surface area contributed by atoms with Gasteiger partial charge in [0.15, 0.2) is 6.20 Å². The normalized spacial score (nSPS) is 13.0. The number of fused-ring (bicyclic) bond motifs is 5. The molecule has 0 bridgehead atoms. The minimum atomic E-state index is -0.197. The topological polar surface area (TPSA) is 8.29 Å². The van der Waals surface area contributed by atoms with Crippen LogP contribution in [0, 0.1) is 18.2 Å². The number of rotatable bonds is 1. The highest BCUT2D eigenvalue weighted by Gasteiger charge is 2.24. The summed E-state index contributed by atoms with van der Waals surface area (Å²) in [5.74, 6) is -0.197. The SMILES string of the molecule is Cc1ccc2c3cc(CC(C)(C)C)ccc3n3c4cc(F)cc5cc[n+](C)c(c1c23)c54. The molecule has 0 saturated carbocycles. The molecule has 3 aromatic carbocycles. The molecule has 0 N–H and O–H groups in total. The van der Waals surface area contributed by atoms with Gasteiger partial charge in [-0.25, -0.2) is 8.96 Å². The van der Waals surface area contributed by atoms with E-state index in [1.807, 2.05) is 12.3 Å². The predicted octanol–water partition coefficient (Wildman–Crippen LogP) is 6.85. The van der Waals surface area contributed by atoms with Gasteiger partial charge >= 0.3 is 0 Å². The zero-order valence-electron chi connectivity index (χ0n) is 18.7. The smallest absolute Gasteiger partial charge is 0.224 e. The quantitative estimate of drug-likeness (QED) is 0.159. The van der Waals surface area contributed by atoms with Gasteiger partial charge in [-0.1, -0.05) is 39.0 Å². The average molecular weight is 410 g/mol. The van der Waals surface area contributed by atoms with Crippen LogP contribution in [0.15, 0.2) is 54.7 Å². The number of halogens is 1. The van der Waals surface area contributed by atoms with Crippen molar-refractivity contribution < 1.29 is 8.96 Å². The number of pyridine rings is 2. The van der Waals surface area contributed by atoms with Crippen LogP contribution in [0.1, 0.15) is 31.9 Å². The van der Waals surface area contributed by atoms with Gasteiger partial charge in [0.05, 0.1) is 27.3 Å². The minimum absolute atomic E-state index is 0.197. The molecule has 0 aliphatic carbocycles. The highest BCUT2D eigenvalue weighted by Crippen LogP contribution is 2.41. The largest absolute Gasteiger partial charge is 0.307 e. The third kappa shape index (κ3) is 2.52. The summed E-state index contributed by atoms with van der Waals surface area (Å²) in [7, 11) is 2.08. The van der Waals surface area contributed by atoms with Crippen molar-refractivity contribution in [3.63, 3.8) is 0 Å². The Labute approximate surface area is 180 Å². The second-order valence-electron chi connectivity index (χ2n) is 10.2. The first-order valence-electron chi connectivity index (χ1n) is 10.9. The van der Waals surface area contributed by atoms with E-state index in [4.69, 9.17) is 0 Å². The Morgan fingerprint density at radius 1 is 0.903 bits per heavy atom. The Morgan fingerprint density at radius 3 is 2.48 bits per heavy atom. The van der Waals surface area contributed by atoms with Crippen molar-refractivity contribution in [1.29, 1.82) is 0 Å². The fraction of sp³-hybridized carbons (Fsp3) is 0.250. The highest BCUT2D eigenvalue weighted by molar-refractivity contribution is 6.25. The molecular weight excluding hydrogens is 383 g/mol. The molecule has 0 spiro atoms. The fourth-order valence-electron chi connectivity index (χ4n) is 5.45. The Morgan fingerprint density at radius 2 is 1.71 bits per heavy atom. The van der Waals surface area contributed by atoms with Crippen LogP contribution in [0.5, 0.6) is 0 Å². The lowest BCUT2D eigenvalue weighted by atomic mass is 9.88. The molecule has 0 atom stereocenters. The number of benzene rings is 3. The van der Waals surface area contributed by atoms with Crippen molar-refractivity contribution in [3.8, 4) is 0 Å². The van der Waals surface area contributed by atoms with E-state index in [9.17, 15) is 4.39 Å². The van der Waals surface area contributed by atoms with Gasteiger partial charge in [0.2, 0.25) is 5.52 Å². The molecule has 31 heavy (non-hydrogen) atoms. The van der Waals surface area contributed by atoms with E-state index in [1.165, 1.54) is 38.3 Å². The van der Waals surface area contributed by atoms with E-state index >= 15 is 0 Å². The maximum atomic E-state index is 14.7. The Kier molecular flexibility index (Phi) is 3.56. The summed E-state index contributed by atoms with van der Waals surface area (Å²) in [6, 6.07) is 16.6. The second kappa shape index (κ2) is 5.94. The average Bonchev–Trinajstić information content (AvgIpc) is 3.01. The van der Waals surface area contributed by atoms with Gasteiger partial charge in [-0.05, 0) is 59.5 Å². The van der Waals surface area contributed by atoms with Crippen LogP contribution in [0.3, 0.4) is 0 Å². The summed E-state index contributed by atoms with van der Waals surface area (Å²) in [4.78, 5) is 0. The van der Waals surface area contributed by atoms with Crippen LogP contribution in [-0.4, -0.2) is 4.40 Å². The van der Waals surface area contributed by atoms with Crippen molar-refractivity contribution in [2.45, 2.75) is 34.1 Å². The molecule has 0 aliphatic heterocycles. The molecule has 0 amide bonds. The zero-order chi connectivity index (χ0) is 21.7. The van der Waals surface area contributed by atoms with Crippen molar-refractivity contribution in [3.05, 3.63) is 71.7 Å². The molecule has 3 heteroatoms. The fourth-order valence-corrected chi connectivity index (χ4v) is 5.45. The van der Waals surface area contributed by atoms with Gasteiger partial charge in [-0.3, -0.25) is 0 Å². The van der Waals surface area contributed by atoms with Gasteiger partial charge in [0.1, 0.15) is 12.9 Å². The molecule has 154 valence electrons. The van der Waals surface area contributed by atoms with Crippen LogP contribution in [0.2, 0.25) is 0 Å². The zero-order valence-corrected chi connectivity index (χ0v) is 18.7. The maximum Gasteiger partial charge on any atom is 0.224 e. The molecule has 0 saturated heterocycles. The summed E-state index contributed by atoms with van der Waals surface area (Å²) >= 11 is 0. The van der Waals surface area contributed by atoms with Crippen molar-refractivity contribution in [2.75, 3.05) is 0 Å². The van der Waals surface area contributed by atoms with Crippen molar-refractivity contribution in [1.82, 2.24) is 4.40 Å². The third-order valence-corrected chi connectivity index (χ3v) is 6.59. The first-order valence-corrected chi connectivity index (χ1v) is 10.9. The Hall–Kier alpha value is -3.20. The van der Waals surface area contributed by atoms with Crippen LogP contribution < -0.4 is 4.57 Å². The van der Waals surface area contributed by atoms with E-state index in [0.717, 1.165) is 28.2 Å². The van der Waals surface area contributed by atoms with E-state index < -0.39 is 0 Å². The third-order valence-electron chi connectivity index (χ3n) is 6.59. The molecule has 0 radical (unpaired) electrons. The van der Waals surface area contributed by atoms with Crippen molar-refractivity contribution >= 4 is 49.0 Å². The predicted molar refractivity (Wildman–Crippen MR) is 128 cm³/mol. The summed E-state index contributed by atoms with van der Waals surface area (Å²) in [6.45, 7) is 9.00. The minimum Gasteiger partial charge on any atom is -0.307 e. The van der Waals surface area contributed by atoms with Crippen LogP contribution in [-0.2, 0) is 13.5 Å². The van der Waals surface area contributed by atoms with Crippen LogP contribution in [0.4, 0.5) is 4.39 Å². The van der Waals surface area contributed by atoms with Crippen molar-refractivity contribution in [2.24, 2.45) is 12.5 Å². The van der Waals surface area contributed by atoms with E-state index in [2.05, 4.69) is 74.0 Å². The van der Waals surface area contributed by atoms with Gasteiger partial charge in [0, 0.05) is 16.8 Å². The monoisotopic (exact) mass is 409 g/mol. The summed E-state index contributed by atoms with van der Waals surface area (Å²) in [6.07, 6.45) is 3.06. The van der Waals surface area contributed by atoms with Gasteiger partial charge in [-0.15, -0.1) is 0 Å². The van der Waals surface area contributed by atoms with E-state index in [-0.39, 0.29) is 11.2 Å². The molecular formula is C28H26FN2+. The maximum absolute atomic E-state index is 14.7. The molecule has 6 rings (SSSR count). The van der Waals surface area contributed by atoms with E-state index in [1.54, 1.807) is 12.1 Å². The Bertz CT molecular complexity index is 1660. The molecule has 0 unspecified atom stereocenters. The molecule has 6 aromatic rings. The standard InChI is InChI=1S/C28H26FN2/c1-16-6-8-20-21-12-17(15-28(2,3)4)7-9-22(21)31-23-14-19(29)13-18-10-11-30(5)27(25(18)23)24(16)26(20)31/h6-14H,15H2,1-5H3/q+1. The number of nitrogens with zero attached hydrogens (tertiary/aromatic N) is 2. The number of aromatic nitrogens is 2. The lowest BCUT2D eigenvalue weighted by Crippen LogP contribution is -2.28. The van der Waals surface area contributed by atoms with E-state index in [0.29, 0.717) is 0 Å². The van der Waals surface area contributed by atoms with Crippen LogP contribution >= 0.6 is 0 Å². The number of aryl methyl sites for hydroxylation is 2. The second-order valence-corrected chi connectivity index (χ2v) is 10.2. The lowest BCUT2D eigenvalue weighted by Gasteiger charge is -2.18. The molecule has 3 aromatic heterocycles. The molecule has 0 aliphatic rings. The Balaban J connectivity index is 1.92. The van der Waals surface area contributed by atoms with Gasteiger partial charge in [-0.2, -0.15) is 0 Å². The van der Waals surface area contributed by atoms with Gasteiger partial charge < -0.3 is 4.40 Å². The summed E-state index contributed by atoms with van der Waals surface area (Å²) in [5.41, 5.74) is 7.23. The summed E-state index contributed by atoms with van der Waals surface area (Å²) in [5, 5.41) is 5.78. The molecule has 3 heterocycles. The van der Waals surface area contributed by atoms with Crippen LogP contribution in [0.25, 0.3) is 49.0 Å². The lowest BCUT2D eigenvalue weighted by molar-refractivity contribution is -0.643. The number of hydrogen-bond donors (Lipinski definition) is 0.